The SMILES string of the molecule is CCc1ccc(OOc2ccc(CC)cc2)cc1. The minimum absolute atomic E-state index is 0.715. The molecule has 0 aliphatic carbocycles. The van der Waals surface area contributed by atoms with E-state index in [0.717, 1.165) is 12.8 Å². The van der Waals surface area contributed by atoms with Crippen molar-refractivity contribution in [2.75, 3.05) is 0 Å². The van der Waals surface area contributed by atoms with E-state index < -0.39 is 0 Å². The highest BCUT2D eigenvalue weighted by Gasteiger charge is 1.98. The van der Waals surface area contributed by atoms with Crippen molar-refractivity contribution in [2.24, 2.45) is 0 Å². The molecule has 2 aromatic carbocycles. The lowest BCUT2D eigenvalue weighted by atomic mass is 10.2. The van der Waals surface area contributed by atoms with Gasteiger partial charge in [0.2, 0.25) is 0 Å². The average Bonchev–Trinajstić information content (AvgIpc) is 2.46. The van der Waals surface area contributed by atoms with Crippen LogP contribution in [0.4, 0.5) is 0 Å². The van der Waals surface area contributed by atoms with Crippen molar-refractivity contribution in [1.29, 1.82) is 0 Å². The Balaban J connectivity index is 1.93. The summed E-state index contributed by atoms with van der Waals surface area (Å²) in [4.78, 5) is 10.5. The number of hydrogen-bond acceptors (Lipinski definition) is 2. The Morgan fingerprint density at radius 2 is 0.944 bits per heavy atom. The van der Waals surface area contributed by atoms with Crippen LogP contribution in [0.25, 0.3) is 0 Å². The van der Waals surface area contributed by atoms with Gasteiger partial charge in [-0.25, -0.2) is 0 Å². The lowest BCUT2D eigenvalue weighted by Crippen LogP contribution is -2.00. The van der Waals surface area contributed by atoms with Gasteiger partial charge < -0.3 is 0 Å². The van der Waals surface area contributed by atoms with E-state index in [2.05, 4.69) is 13.8 Å². The molecule has 2 heteroatoms. The van der Waals surface area contributed by atoms with Crippen LogP contribution in [0.1, 0.15) is 25.0 Å². The highest BCUT2D eigenvalue weighted by atomic mass is 17.2. The van der Waals surface area contributed by atoms with Crippen molar-refractivity contribution >= 4 is 0 Å². The molecular weight excluding hydrogens is 224 g/mol. The van der Waals surface area contributed by atoms with Crippen LogP contribution < -0.4 is 9.78 Å². The molecule has 0 aromatic heterocycles. The predicted molar refractivity (Wildman–Crippen MR) is 72.9 cm³/mol. The molecule has 0 amide bonds. The van der Waals surface area contributed by atoms with E-state index >= 15 is 0 Å². The second-order valence-electron chi connectivity index (χ2n) is 4.16. The van der Waals surface area contributed by atoms with E-state index in [1.165, 1.54) is 11.1 Å². The Labute approximate surface area is 108 Å². The zero-order valence-electron chi connectivity index (χ0n) is 10.8. The molecular formula is C16H18O2. The zero-order chi connectivity index (χ0) is 12.8. The maximum Gasteiger partial charge on any atom is 0.178 e. The second-order valence-corrected chi connectivity index (χ2v) is 4.16. The van der Waals surface area contributed by atoms with E-state index in [1.54, 1.807) is 0 Å². The van der Waals surface area contributed by atoms with Crippen molar-refractivity contribution in [1.82, 2.24) is 0 Å². The van der Waals surface area contributed by atoms with Crippen LogP contribution in [-0.2, 0) is 12.8 Å². The Kier molecular flexibility index (Phi) is 4.24. The maximum absolute atomic E-state index is 5.27. The molecule has 0 atom stereocenters. The van der Waals surface area contributed by atoms with Gasteiger partial charge in [-0.15, -0.1) is 0 Å². The Morgan fingerprint density at radius 1 is 0.611 bits per heavy atom. The van der Waals surface area contributed by atoms with Crippen molar-refractivity contribution in [2.45, 2.75) is 26.7 Å². The first-order chi connectivity index (χ1) is 8.81. The summed E-state index contributed by atoms with van der Waals surface area (Å²) >= 11 is 0. The maximum atomic E-state index is 5.27. The van der Waals surface area contributed by atoms with Crippen LogP contribution in [0.5, 0.6) is 11.5 Å². The fraction of sp³-hybridized carbons (Fsp3) is 0.250. The van der Waals surface area contributed by atoms with Gasteiger partial charge >= 0.3 is 0 Å². The van der Waals surface area contributed by atoms with Gasteiger partial charge in [-0.3, -0.25) is 9.78 Å². The molecule has 2 aromatic rings. The molecule has 0 bridgehead atoms. The molecule has 0 N–H and O–H groups in total. The van der Waals surface area contributed by atoms with Crippen LogP contribution in [0.3, 0.4) is 0 Å². The Morgan fingerprint density at radius 3 is 1.22 bits per heavy atom. The van der Waals surface area contributed by atoms with Gasteiger partial charge in [0.1, 0.15) is 0 Å². The Hall–Kier alpha value is -1.96. The van der Waals surface area contributed by atoms with Gasteiger partial charge in [0.05, 0.1) is 0 Å². The summed E-state index contributed by atoms with van der Waals surface area (Å²) in [6.07, 6.45) is 2.05. The van der Waals surface area contributed by atoms with Gasteiger partial charge in [0.25, 0.3) is 0 Å². The largest absolute Gasteiger partial charge is 0.290 e. The summed E-state index contributed by atoms with van der Waals surface area (Å²) in [6.45, 7) is 4.25. The Bertz CT molecular complexity index is 424. The second kappa shape index (κ2) is 6.10. The average molecular weight is 242 g/mol. The summed E-state index contributed by atoms with van der Waals surface area (Å²) in [5, 5.41) is 0. The molecule has 18 heavy (non-hydrogen) atoms. The first kappa shape index (κ1) is 12.5. The minimum atomic E-state index is 0.715. The normalized spacial score (nSPS) is 10.1. The van der Waals surface area contributed by atoms with Gasteiger partial charge in [-0.1, -0.05) is 38.1 Å². The molecule has 0 saturated heterocycles. The van der Waals surface area contributed by atoms with Gasteiger partial charge in [-0.2, -0.15) is 0 Å². The molecule has 2 rings (SSSR count). The van der Waals surface area contributed by atoms with E-state index in [4.69, 9.17) is 9.78 Å². The van der Waals surface area contributed by atoms with Crippen molar-refractivity contribution in [3.63, 3.8) is 0 Å². The predicted octanol–water partition coefficient (Wildman–Crippen LogP) is 4.18. The minimum Gasteiger partial charge on any atom is -0.290 e. The lowest BCUT2D eigenvalue weighted by molar-refractivity contribution is -0.0999. The lowest BCUT2D eigenvalue weighted by Gasteiger charge is -2.06. The summed E-state index contributed by atoms with van der Waals surface area (Å²) in [6, 6.07) is 15.8. The quantitative estimate of drug-likeness (QED) is 0.578. The molecule has 0 radical (unpaired) electrons. The summed E-state index contributed by atoms with van der Waals surface area (Å²) in [5.74, 6) is 1.43. The van der Waals surface area contributed by atoms with Crippen LogP contribution in [0.15, 0.2) is 48.5 Å². The van der Waals surface area contributed by atoms with Crippen LogP contribution in [-0.4, -0.2) is 0 Å². The molecule has 0 aliphatic heterocycles. The van der Waals surface area contributed by atoms with Gasteiger partial charge in [0, 0.05) is 0 Å². The van der Waals surface area contributed by atoms with Crippen molar-refractivity contribution in [3.05, 3.63) is 59.7 Å². The van der Waals surface area contributed by atoms with E-state index in [0.29, 0.717) is 11.5 Å². The molecule has 2 nitrogen and oxygen atoms in total. The fourth-order valence-corrected chi connectivity index (χ4v) is 1.66. The van der Waals surface area contributed by atoms with Gasteiger partial charge in [0.15, 0.2) is 11.5 Å². The van der Waals surface area contributed by atoms with E-state index in [-0.39, 0.29) is 0 Å². The summed E-state index contributed by atoms with van der Waals surface area (Å²) in [5.41, 5.74) is 2.57. The molecule has 0 saturated carbocycles. The zero-order valence-corrected chi connectivity index (χ0v) is 10.8. The van der Waals surface area contributed by atoms with Crippen molar-refractivity contribution in [3.8, 4) is 11.5 Å². The van der Waals surface area contributed by atoms with Crippen LogP contribution in [0.2, 0.25) is 0 Å². The van der Waals surface area contributed by atoms with Crippen molar-refractivity contribution < 1.29 is 9.78 Å². The molecule has 0 fully saturated rings. The molecule has 0 unspecified atom stereocenters. The van der Waals surface area contributed by atoms with Gasteiger partial charge in [-0.05, 0) is 48.2 Å². The summed E-state index contributed by atoms with van der Waals surface area (Å²) in [7, 11) is 0. The molecule has 0 spiro atoms. The third-order valence-corrected chi connectivity index (χ3v) is 2.90. The number of hydrogen-bond donors (Lipinski definition) is 0. The van der Waals surface area contributed by atoms with E-state index in [9.17, 15) is 0 Å². The number of aryl methyl sites for hydroxylation is 2. The van der Waals surface area contributed by atoms with Crippen LogP contribution in [0, 0.1) is 0 Å². The first-order valence-corrected chi connectivity index (χ1v) is 6.34. The topological polar surface area (TPSA) is 18.5 Å². The smallest absolute Gasteiger partial charge is 0.178 e. The van der Waals surface area contributed by atoms with Crippen LogP contribution >= 0.6 is 0 Å². The number of rotatable bonds is 5. The summed E-state index contributed by atoms with van der Waals surface area (Å²) < 4.78 is 0. The highest BCUT2D eigenvalue weighted by Crippen LogP contribution is 2.17. The first-order valence-electron chi connectivity index (χ1n) is 6.34. The standard InChI is InChI=1S/C16H18O2/c1-3-13-5-9-15(10-6-13)17-18-16-11-7-14(4-2)8-12-16/h5-12H,3-4H2,1-2H3. The fourth-order valence-electron chi connectivity index (χ4n) is 1.66. The molecule has 0 heterocycles. The van der Waals surface area contributed by atoms with E-state index in [1.807, 2.05) is 48.5 Å². The molecule has 0 aliphatic rings. The highest BCUT2D eigenvalue weighted by molar-refractivity contribution is 5.29. The third kappa shape index (κ3) is 3.27. The molecule has 94 valence electrons. The number of benzene rings is 2. The third-order valence-electron chi connectivity index (χ3n) is 2.90. The monoisotopic (exact) mass is 242 g/mol.